The number of ether oxygens (including phenoxy) is 3. The van der Waals surface area contributed by atoms with E-state index in [2.05, 4.69) is 20.7 Å². The Labute approximate surface area is 107 Å². The van der Waals surface area contributed by atoms with Gasteiger partial charge in [0.05, 0.1) is 11.6 Å². The van der Waals surface area contributed by atoms with E-state index in [9.17, 15) is 4.79 Å². The van der Waals surface area contributed by atoms with Crippen molar-refractivity contribution in [3.63, 3.8) is 0 Å². The lowest BCUT2D eigenvalue weighted by Crippen LogP contribution is -2.23. The highest BCUT2D eigenvalue weighted by atomic mass is 79.9. The van der Waals surface area contributed by atoms with E-state index in [1.165, 1.54) is 7.11 Å². The molecule has 0 radical (unpaired) electrons. The Bertz CT molecular complexity index is 449. The zero-order valence-electron chi connectivity index (χ0n) is 9.23. The van der Waals surface area contributed by atoms with E-state index < -0.39 is 12.0 Å². The molecule has 1 aromatic carbocycles. The van der Waals surface area contributed by atoms with Crippen LogP contribution in [0.25, 0.3) is 0 Å². The minimum Gasteiger partial charge on any atom is -0.486 e. The van der Waals surface area contributed by atoms with E-state index in [1.54, 1.807) is 12.1 Å². The van der Waals surface area contributed by atoms with Gasteiger partial charge in [0.2, 0.25) is 0 Å². The molecule has 1 aliphatic rings. The van der Waals surface area contributed by atoms with Crippen LogP contribution in [0.5, 0.6) is 11.5 Å². The van der Waals surface area contributed by atoms with Gasteiger partial charge in [-0.15, -0.1) is 0 Å². The summed E-state index contributed by atoms with van der Waals surface area (Å²) in [4.78, 5) is 11.4. The number of fused-ring (bicyclic) bond motifs is 1. The smallest absolute Gasteiger partial charge is 0.327 e. The molecule has 0 spiro atoms. The second kappa shape index (κ2) is 4.93. The molecule has 1 aliphatic heterocycles. The Balaban J connectivity index is 2.37. The first-order valence-corrected chi connectivity index (χ1v) is 5.85. The molecule has 1 aromatic rings. The van der Waals surface area contributed by atoms with Crippen molar-refractivity contribution in [1.29, 1.82) is 0 Å². The lowest BCUT2D eigenvalue weighted by Gasteiger charge is -2.21. The fourth-order valence-corrected chi connectivity index (χ4v) is 2.15. The first-order chi connectivity index (χ1) is 8.13. The average Bonchev–Trinajstić information content (AvgIpc) is 2.37. The molecule has 0 saturated heterocycles. The number of esters is 1. The van der Waals surface area contributed by atoms with Crippen molar-refractivity contribution in [1.82, 2.24) is 0 Å². The highest BCUT2D eigenvalue weighted by molar-refractivity contribution is 9.10. The lowest BCUT2D eigenvalue weighted by molar-refractivity contribution is -0.142. The van der Waals surface area contributed by atoms with Gasteiger partial charge in [-0.2, -0.15) is 0 Å². The summed E-state index contributed by atoms with van der Waals surface area (Å²) < 4.78 is 16.2. The van der Waals surface area contributed by atoms with Gasteiger partial charge in [-0.25, -0.2) is 0 Å². The molecule has 2 rings (SSSR count). The van der Waals surface area contributed by atoms with Gasteiger partial charge in [-0.3, -0.25) is 4.79 Å². The molecule has 2 N–H and O–H groups in total. The number of benzene rings is 1. The fraction of sp³-hybridized carbons (Fsp3) is 0.364. The van der Waals surface area contributed by atoms with Gasteiger partial charge in [0.15, 0.2) is 11.5 Å². The standard InChI is InChI=1S/C11H12BrNO4/c1-15-11(14)9(13)6-4-7(12)10-8(5-6)16-2-3-17-10/h4-5,9H,2-3,13H2,1H3. The van der Waals surface area contributed by atoms with Crippen LogP contribution in [0.2, 0.25) is 0 Å². The number of hydrogen-bond acceptors (Lipinski definition) is 5. The first-order valence-electron chi connectivity index (χ1n) is 5.06. The first kappa shape index (κ1) is 12.2. The van der Waals surface area contributed by atoms with E-state index in [0.29, 0.717) is 34.7 Å². The molecule has 0 amide bonds. The third-order valence-corrected chi connectivity index (χ3v) is 3.02. The molecule has 0 bridgehead atoms. The van der Waals surface area contributed by atoms with E-state index >= 15 is 0 Å². The number of carbonyl (C=O) groups is 1. The zero-order valence-corrected chi connectivity index (χ0v) is 10.8. The Morgan fingerprint density at radius 2 is 2.18 bits per heavy atom. The molecule has 5 nitrogen and oxygen atoms in total. The number of carbonyl (C=O) groups excluding carboxylic acids is 1. The van der Waals surface area contributed by atoms with Crippen molar-refractivity contribution in [2.45, 2.75) is 6.04 Å². The summed E-state index contributed by atoms with van der Waals surface area (Å²) in [7, 11) is 1.30. The molecule has 17 heavy (non-hydrogen) atoms. The minimum absolute atomic E-state index is 0.482. The molecule has 1 heterocycles. The largest absolute Gasteiger partial charge is 0.486 e. The number of rotatable bonds is 2. The van der Waals surface area contributed by atoms with Gasteiger partial charge in [0.1, 0.15) is 19.3 Å². The van der Waals surface area contributed by atoms with Crippen LogP contribution in [0.1, 0.15) is 11.6 Å². The number of hydrogen-bond donors (Lipinski definition) is 1. The Kier molecular flexibility index (Phi) is 3.54. The number of nitrogens with two attached hydrogens (primary N) is 1. The normalized spacial score (nSPS) is 15.2. The van der Waals surface area contributed by atoms with Crippen LogP contribution >= 0.6 is 15.9 Å². The van der Waals surface area contributed by atoms with Gasteiger partial charge in [-0.05, 0) is 33.6 Å². The number of halogens is 1. The van der Waals surface area contributed by atoms with Crippen LogP contribution in [-0.2, 0) is 9.53 Å². The van der Waals surface area contributed by atoms with Crippen molar-refractivity contribution < 1.29 is 19.0 Å². The monoisotopic (exact) mass is 301 g/mol. The fourth-order valence-electron chi connectivity index (χ4n) is 1.57. The topological polar surface area (TPSA) is 70.8 Å². The molecular formula is C11H12BrNO4. The maximum absolute atomic E-state index is 11.4. The molecule has 0 aromatic heterocycles. The van der Waals surface area contributed by atoms with Crippen molar-refractivity contribution in [3.05, 3.63) is 22.2 Å². The molecule has 1 unspecified atom stereocenters. The van der Waals surface area contributed by atoms with Crippen LogP contribution in [-0.4, -0.2) is 26.3 Å². The second-order valence-corrected chi connectivity index (χ2v) is 4.38. The summed E-state index contributed by atoms with van der Waals surface area (Å²) in [5.41, 5.74) is 6.38. The van der Waals surface area contributed by atoms with Gasteiger partial charge in [-0.1, -0.05) is 0 Å². The third kappa shape index (κ3) is 2.37. The predicted molar refractivity (Wildman–Crippen MR) is 64.1 cm³/mol. The van der Waals surface area contributed by atoms with Crippen molar-refractivity contribution in [2.24, 2.45) is 5.73 Å². The molecular weight excluding hydrogens is 290 g/mol. The average molecular weight is 302 g/mol. The Morgan fingerprint density at radius 3 is 2.88 bits per heavy atom. The Morgan fingerprint density at radius 1 is 1.47 bits per heavy atom. The third-order valence-electron chi connectivity index (χ3n) is 2.43. The van der Waals surface area contributed by atoms with Crippen LogP contribution in [0.3, 0.4) is 0 Å². The van der Waals surface area contributed by atoms with E-state index in [1.807, 2.05) is 0 Å². The van der Waals surface area contributed by atoms with Gasteiger partial charge in [0.25, 0.3) is 0 Å². The van der Waals surface area contributed by atoms with Crippen LogP contribution in [0.15, 0.2) is 16.6 Å². The van der Waals surface area contributed by atoms with E-state index in [0.717, 1.165) is 0 Å². The molecule has 92 valence electrons. The van der Waals surface area contributed by atoms with Crippen LogP contribution in [0, 0.1) is 0 Å². The molecule has 1 atom stereocenters. The molecule has 0 saturated carbocycles. The minimum atomic E-state index is -0.827. The van der Waals surface area contributed by atoms with Crippen LogP contribution in [0.4, 0.5) is 0 Å². The van der Waals surface area contributed by atoms with Crippen molar-refractivity contribution >= 4 is 21.9 Å². The summed E-state index contributed by atoms with van der Waals surface area (Å²) in [6, 6.07) is 2.60. The summed E-state index contributed by atoms with van der Waals surface area (Å²) in [6.07, 6.45) is 0. The van der Waals surface area contributed by atoms with Crippen LogP contribution < -0.4 is 15.2 Å². The summed E-state index contributed by atoms with van der Waals surface area (Å²) in [5, 5.41) is 0. The second-order valence-electron chi connectivity index (χ2n) is 3.53. The Hall–Kier alpha value is -1.27. The molecule has 6 heteroatoms. The zero-order chi connectivity index (χ0) is 12.4. The van der Waals surface area contributed by atoms with Gasteiger partial charge in [0, 0.05) is 0 Å². The summed E-state index contributed by atoms with van der Waals surface area (Å²) in [6.45, 7) is 0.990. The lowest BCUT2D eigenvalue weighted by atomic mass is 10.1. The van der Waals surface area contributed by atoms with E-state index in [4.69, 9.17) is 15.2 Å². The highest BCUT2D eigenvalue weighted by Crippen LogP contribution is 2.39. The van der Waals surface area contributed by atoms with Crippen molar-refractivity contribution in [2.75, 3.05) is 20.3 Å². The summed E-state index contributed by atoms with van der Waals surface area (Å²) in [5.74, 6) is 0.727. The summed E-state index contributed by atoms with van der Waals surface area (Å²) >= 11 is 3.36. The SMILES string of the molecule is COC(=O)C(N)c1cc(Br)c2c(c1)OCCO2. The quantitative estimate of drug-likeness (QED) is 0.836. The van der Waals surface area contributed by atoms with Crippen molar-refractivity contribution in [3.8, 4) is 11.5 Å². The maximum atomic E-state index is 11.4. The van der Waals surface area contributed by atoms with Gasteiger partial charge < -0.3 is 19.9 Å². The molecule has 0 aliphatic carbocycles. The van der Waals surface area contributed by atoms with E-state index in [-0.39, 0.29) is 0 Å². The number of methoxy groups -OCH3 is 1. The predicted octanol–water partition coefficient (Wildman–Crippen LogP) is 1.39. The molecule has 0 fully saturated rings. The highest BCUT2D eigenvalue weighted by Gasteiger charge is 2.22. The van der Waals surface area contributed by atoms with Gasteiger partial charge >= 0.3 is 5.97 Å². The maximum Gasteiger partial charge on any atom is 0.327 e.